The third kappa shape index (κ3) is 4.04. The molecule has 1 N–H and O–H groups in total. The highest BCUT2D eigenvalue weighted by Gasteiger charge is 2.34. The van der Waals surface area contributed by atoms with E-state index in [4.69, 9.17) is 9.47 Å². The van der Waals surface area contributed by atoms with Gasteiger partial charge in [0.05, 0.1) is 32.6 Å². The number of anilines is 1. The van der Waals surface area contributed by atoms with Crippen molar-refractivity contribution < 1.29 is 27.4 Å². The van der Waals surface area contributed by atoms with Crippen molar-refractivity contribution in [2.75, 3.05) is 32.2 Å². The Kier molecular flexibility index (Phi) is 5.30. The number of alkyl halides is 3. The zero-order valence-corrected chi connectivity index (χ0v) is 12.8. The number of carbonyl (C=O) groups is 1. The molecule has 6 nitrogen and oxygen atoms in total. The molecule has 128 valence electrons. The number of carbonyl (C=O) groups excluding carboxylic acids is 1. The molecule has 0 aliphatic carbocycles. The molecular formula is C14H18F3N3O3. The normalized spacial score (nSPS) is 18.7. The van der Waals surface area contributed by atoms with Gasteiger partial charge in [0.1, 0.15) is 17.1 Å². The van der Waals surface area contributed by atoms with Crippen molar-refractivity contribution in [2.45, 2.75) is 25.6 Å². The second kappa shape index (κ2) is 7.03. The van der Waals surface area contributed by atoms with E-state index < -0.39 is 17.9 Å². The Morgan fingerprint density at radius 3 is 2.91 bits per heavy atom. The van der Waals surface area contributed by atoms with Crippen molar-refractivity contribution in [1.82, 2.24) is 9.88 Å². The zero-order valence-electron chi connectivity index (χ0n) is 12.8. The van der Waals surface area contributed by atoms with E-state index in [0.717, 1.165) is 18.7 Å². The monoisotopic (exact) mass is 333 g/mol. The fourth-order valence-electron chi connectivity index (χ4n) is 2.30. The number of morpholine rings is 1. The fraction of sp³-hybridized carbons (Fsp3) is 0.571. The van der Waals surface area contributed by atoms with Gasteiger partial charge in [-0.05, 0) is 6.42 Å². The molecule has 1 aromatic heterocycles. The van der Waals surface area contributed by atoms with Crippen LogP contribution in [0.2, 0.25) is 0 Å². The topological polar surface area (TPSA) is 63.7 Å². The zero-order chi connectivity index (χ0) is 17.0. The average molecular weight is 333 g/mol. The van der Waals surface area contributed by atoms with Gasteiger partial charge in [-0.2, -0.15) is 13.2 Å². The number of rotatable bonds is 3. The molecule has 1 aliphatic heterocycles. The van der Waals surface area contributed by atoms with Gasteiger partial charge in [0.2, 0.25) is 0 Å². The van der Waals surface area contributed by atoms with Gasteiger partial charge in [-0.1, -0.05) is 6.92 Å². The molecule has 9 heteroatoms. The summed E-state index contributed by atoms with van der Waals surface area (Å²) in [4.78, 5) is 17.3. The molecule has 0 saturated carbocycles. The molecule has 1 fully saturated rings. The molecule has 2 heterocycles. The maximum Gasteiger partial charge on any atom is 0.433 e. The lowest BCUT2D eigenvalue weighted by Gasteiger charge is -2.35. The number of amides is 2. The molecule has 2 rings (SSSR count). The number of ether oxygens (including phenoxy) is 2. The second-order valence-electron chi connectivity index (χ2n) is 5.03. The van der Waals surface area contributed by atoms with Crippen molar-refractivity contribution in [1.29, 1.82) is 0 Å². The molecule has 0 aromatic carbocycles. The van der Waals surface area contributed by atoms with E-state index in [2.05, 4.69) is 10.3 Å². The minimum absolute atomic E-state index is 0.0721. The van der Waals surface area contributed by atoms with Crippen molar-refractivity contribution >= 4 is 11.7 Å². The Bertz CT molecular complexity index is 566. The summed E-state index contributed by atoms with van der Waals surface area (Å²) < 4.78 is 48.2. The molecule has 1 aromatic rings. The highest BCUT2D eigenvalue weighted by molar-refractivity contribution is 5.91. The van der Waals surface area contributed by atoms with Crippen LogP contribution in [0.15, 0.2) is 12.3 Å². The van der Waals surface area contributed by atoms with Gasteiger partial charge in [0.15, 0.2) is 0 Å². The smallest absolute Gasteiger partial charge is 0.433 e. The number of hydrogen-bond acceptors (Lipinski definition) is 4. The van der Waals surface area contributed by atoms with Crippen LogP contribution in [-0.2, 0) is 10.9 Å². The fourth-order valence-corrected chi connectivity index (χ4v) is 2.30. The van der Waals surface area contributed by atoms with Gasteiger partial charge >= 0.3 is 12.2 Å². The number of urea groups is 1. The first-order valence-corrected chi connectivity index (χ1v) is 7.13. The molecule has 0 spiro atoms. The Morgan fingerprint density at radius 1 is 1.57 bits per heavy atom. The summed E-state index contributed by atoms with van der Waals surface area (Å²) in [7, 11) is 1.23. The number of nitrogens with one attached hydrogen (secondary N) is 1. The van der Waals surface area contributed by atoms with Crippen LogP contribution < -0.4 is 10.1 Å². The van der Waals surface area contributed by atoms with Crippen molar-refractivity contribution in [2.24, 2.45) is 0 Å². The Hall–Kier alpha value is -2.03. The van der Waals surface area contributed by atoms with Crippen LogP contribution >= 0.6 is 0 Å². The van der Waals surface area contributed by atoms with Crippen LogP contribution in [0.25, 0.3) is 0 Å². The quantitative estimate of drug-likeness (QED) is 0.924. The lowest BCUT2D eigenvalue weighted by atomic mass is 10.2. The van der Waals surface area contributed by atoms with E-state index in [9.17, 15) is 18.0 Å². The van der Waals surface area contributed by atoms with Crippen molar-refractivity contribution in [3.63, 3.8) is 0 Å². The lowest BCUT2D eigenvalue weighted by molar-refractivity contribution is -0.141. The Balaban J connectivity index is 2.17. The van der Waals surface area contributed by atoms with Gasteiger partial charge in [-0.15, -0.1) is 0 Å². The minimum Gasteiger partial charge on any atom is -0.494 e. The molecular weight excluding hydrogens is 315 g/mol. The predicted octanol–water partition coefficient (Wildman–Crippen LogP) is 2.75. The largest absolute Gasteiger partial charge is 0.494 e. The average Bonchev–Trinajstić information content (AvgIpc) is 2.54. The van der Waals surface area contributed by atoms with Crippen LogP contribution in [0.5, 0.6) is 5.75 Å². The maximum atomic E-state index is 12.7. The van der Waals surface area contributed by atoms with E-state index in [0.29, 0.717) is 19.8 Å². The summed E-state index contributed by atoms with van der Waals surface area (Å²) >= 11 is 0. The van der Waals surface area contributed by atoms with Gasteiger partial charge in [0.25, 0.3) is 0 Å². The summed E-state index contributed by atoms with van der Waals surface area (Å²) in [5.41, 5.74) is -0.989. The van der Waals surface area contributed by atoms with E-state index in [1.54, 1.807) is 4.90 Å². The van der Waals surface area contributed by atoms with E-state index in [1.807, 2.05) is 6.92 Å². The molecule has 0 bridgehead atoms. The van der Waals surface area contributed by atoms with Gasteiger partial charge < -0.3 is 19.7 Å². The summed E-state index contributed by atoms with van der Waals surface area (Å²) in [6.45, 7) is 3.21. The molecule has 23 heavy (non-hydrogen) atoms. The van der Waals surface area contributed by atoms with E-state index in [1.165, 1.54) is 7.11 Å². The minimum atomic E-state index is -4.58. The predicted molar refractivity (Wildman–Crippen MR) is 76.4 cm³/mol. The third-order valence-corrected chi connectivity index (χ3v) is 3.58. The summed E-state index contributed by atoms with van der Waals surface area (Å²) in [5.74, 6) is -0.0954. The highest BCUT2D eigenvalue weighted by Crippen LogP contribution is 2.33. The Labute approximate surface area is 131 Å². The molecule has 1 atom stereocenters. The van der Waals surface area contributed by atoms with Gasteiger partial charge in [-0.25, -0.2) is 9.78 Å². The lowest BCUT2D eigenvalue weighted by Crippen LogP contribution is -2.50. The molecule has 0 radical (unpaired) electrons. The first-order chi connectivity index (χ1) is 10.9. The maximum absolute atomic E-state index is 12.7. The van der Waals surface area contributed by atoms with E-state index in [-0.39, 0.29) is 17.5 Å². The highest BCUT2D eigenvalue weighted by atomic mass is 19.4. The molecule has 1 aliphatic rings. The molecule has 0 unspecified atom stereocenters. The number of pyridine rings is 1. The number of aromatic nitrogens is 1. The van der Waals surface area contributed by atoms with Crippen LogP contribution in [0.3, 0.4) is 0 Å². The van der Waals surface area contributed by atoms with Gasteiger partial charge in [-0.3, -0.25) is 0 Å². The Morgan fingerprint density at radius 2 is 2.30 bits per heavy atom. The number of methoxy groups -OCH3 is 1. The number of hydrogen-bond donors (Lipinski definition) is 1. The van der Waals surface area contributed by atoms with Crippen LogP contribution in [0, 0.1) is 0 Å². The first-order valence-electron chi connectivity index (χ1n) is 7.13. The van der Waals surface area contributed by atoms with Crippen molar-refractivity contribution in [3.05, 3.63) is 18.0 Å². The summed E-state index contributed by atoms with van der Waals surface area (Å²) in [6.07, 6.45) is -2.91. The number of nitrogens with zero attached hydrogens (tertiary/aromatic N) is 2. The standard InChI is InChI=1S/C14H18F3N3O3/c1-3-9-8-23-5-4-20(9)13(21)19-10-7-18-12(14(15,16)17)6-11(10)22-2/h6-7,9H,3-5,8H2,1-2H3,(H,19,21)/t9-/m1/s1. The third-order valence-electron chi connectivity index (χ3n) is 3.58. The van der Waals surface area contributed by atoms with Crippen LogP contribution in [0.1, 0.15) is 19.0 Å². The second-order valence-corrected chi connectivity index (χ2v) is 5.03. The summed E-state index contributed by atoms with van der Waals surface area (Å²) in [5, 5.41) is 2.55. The first kappa shape index (κ1) is 17.3. The van der Waals surface area contributed by atoms with Gasteiger partial charge in [0, 0.05) is 12.6 Å². The van der Waals surface area contributed by atoms with E-state index >= 15 is 0 Å². The SMILES string of the molecule is CC[C@@H]1COCCN1C(=O)Nc1cnc(C(F)(F)F)cc1OC. The molecule has 2 amide bonds. The summed E-state index contributed by atoms with van der Waals surface area (Å²) in [6, 6.07) is 0.267. The molecule has 1 saturated heterocycles. The van der Waals surface area contributed by atoms with Crippen molar-refractivity contribution in [3.8, 4) is 5.75 Å². The number of halogens is 3. The van der Waals surface area contributed by atoms with Crippen LogP contribution in [0.4, 0.5) is 23.7 Å². The van der Waals surface area contributed by atoms with Crippen LogP contribution in [-0.4, -0.2) is 48.8 Å².